The van der Waals surface area contributed by atoms with Crippen LogP contribution in [0, 0.1) is 11.3 Å². The van der Waals surface area contributed by atoms with Gasteiger partial charge < -0.3 is 0 Å². The molecule has 1 rings (SSSR count). The molecular weight excluding hydrogens is 144 g/mol. The van der Waals surface area contributed by atoms with E-state index in [9.17, 15) is 0 Å². The highest BCUT2D eigenvalue weighted by atomic mass is 14.3. The molecule has 0 spiro atoms. The van der Waals surface area contributed by atoms with Gasteiger partial charge in [-0.05, 0) is 30.3 Å². The van der Waals surface area contributed by atoms with Gasteiger partial charge in [-0.1, -0.05) is 34.1 Å². The lowest BCUT2D eigenvalue weighted by molar-refractivity contribution is 0.273. The summed E-state index contributed by atoms with van der Waals surface area (Å²) in [5.74, 6) is 0.861. The van der Waals surface area contributed by atoms with Crippen molar-refractivity contribution in [2.45, 2.75) is 47.0 Å². The molecule has 0 N–H and O–H groups in total. The zero-order chi connectivity index (χ0) is 9.19. The second kappa shape index (κ2) is 3.49. The minimum Gasteiger partial charge on any atom is -0.116 e. The monoisotopic (exact) mass is 164 g/mol. The summed E-state index contributed by atoms with van der Waals surface area (Å²) in [6.07, 6.45) is 5.97. The summed E-state index contributed by atoms with van der Waals surface area (Å²) < 4.78 is 0. The molecule has 1 aliphatic carbocycles. The van der Waals surface area contributed by atoms with E-state index in [1.165, 1.54) is 24.8 Å². The Morgan fingerprint density at radius 1 is 1.50 bits per heavy atom. The van der Waals surface area contributed by atoms with Gasteiger partial charge in [0, 0.05) is 5.57 Å². The van der Waals surface area contributed by atoms with Gasteiger partial charge >= 0.3 is 0 Å². The van der Waals surface area contributed by atoms with E-state index in [2.05, 4.69) is 39.5 Å². The molecule has 68 valence electrons. The Hall–Kier alpha value is -0.480. The van der Waals surface area contributed by atoms with Crippen LogP contribution in [-0.2, 0) is 0 Å². The van der Waals surface area contributed by atoms with E-state index in [0.717, 1.165) is 5.92 Å². The highest BCUT2D eigenvalue weighted by Gasteiger charge is 2.22. The van der Waals surface area contributed by atoms with Crippen molar-refractivity contribution in [3.63, 3.8) is 0 Å². The van der Waals surface area contributed by atoms with Crippen LogP contribution in [-0.4, -0.2) is 0 Å². The molecule has 0 heteroatoms. The largest absolute Gasteiger partial charge is 0.116 e. The van der Waals surface area contributed by atoms with Crippen molar-refractivity contribution in [1.82, 2.24) is 0 Å². The predicted molar refractivity (Wildman–Crippen MR) is 54.1 cm³/mol. The first kappa shape index (κ1) is 9.61. The number of hydrogen-bond donors (Lipinski definition) is 0. The van der Waals surface area contributed by atoms with Crippen LogP contribution >= 0.6 is 0 Å². The van der Waals surface area contributed by atoms with Gasteiger partial charge in [0.2, 0.25) is 0 Å². The van der Waals surface area contributed by atoms with Gasteiger partial charge in [0.15, 0.2) is 0 Å². The summed E-state index contributed by atoms with van der Waals surface area (Å²) in [4.78, 5) is 0. The smallest absolute Gasteiger partial charge is 0.00224 e. The Balaban J connectivity index is 2.30. The third-order valence-corrected chi connectivity index (χ3v) is 2.62. The number of hydrogen-bond acceptors (Lipinski definition) is 0. The Kier molecular flexibility index (Phi) is 2.80. The van der Waals surface area contributed by atoms with Crippen molar-refractivity contribution in [2.75, 3.05) is 0 Å². The van der Waals surface area contributed by atoms with Crippen LogP contribution in [0.3, 0.4) is 0 Å². The number of allylic oxidation sites excluding steroid dienone is 1. The Morgan fingerprint density at radius 3 is 2.50 bits per heavy atom. The standard InChI is InChI=1S/C12H20/c1-5-10(2)8-12(3,4)9-11-6-7-11/h6,10H,5,8-9H2,1-4H3. The maximum atomic E-state index is 3.17. The lowest BCUT2D eigenvalue weighted by Gasteiger charge is -2.26. The fraction of sp³-hybridized carbons (Fsp3) is 0.750. The van der Waals surface area contributed by atoms with E-state index in [1.807, 2.05) is 0 Å². The van der Waals surface area contributed by atoms with Crippen molar-refractivity contribution in [3.8, 4) is 0 Å². The van der Waals surface area contributed by atoms with Crippen molar-refractivity contribution >= 4 is 0 Å². The van der Waals surface area contributed by atoms with E-state index in [4.69, 9.17) is 0 Å². The van der Waals surface area contributed by atoms with Crippen LogP contribution in [0.25, 0.3) is 0 Å². The van der Waals surface area contributed by atoms with Crippen molar-refractivity contribution in [2.24, 2.45) is 11.3 Å². The summed E-state index contributed by atoms with van der Waals surface area (Å²) in [6.45, 7) is 9.34. The second-order valence-corrected chi connectivity index (χ2v) is 4.87. The highest BCUT2D eigenvalue weighted by Crippen LogP contribution is 2.35. The summed E-state index contributed by atoms with van der Waals surface area (Å²) >= 11 is 0. The normalized spacial score (nSPS) is 17.5. The van der Waals surface area contributed by atoms with E-state index in [1.54, 1.807) is 0 Å². The molecule has 0 bridgehead atoms. The molecule has 1 aliphatic rings. The molecule has 0 nitrogen and oxygen atoms in total. The molecule has 0 aromatic heterocycles. The summed E-state index contributed by atoms with van der Waals surface area (Å²) in [7, 11) is 0. The highest BCUT2D eigenvalue weighted by molar-refractivity contribution is 5.31. The van der Waals surface area contributed by atoms with Gasteiger partial charge in [-0.15, -0.1) is 5.73 Å². The van der Waals surface area contributed by atoms with Crippen molar-refractivity contribution < 1.29 is 0 Å². The first-order valence-corrected chi connectivity index (χ1v) is 4.99. The maximum absolute atomic E-state index is 3.17. The maximum Gasteiger partial charge on any atom is 0.00224 e. The zero-order valence-corrected chi connectivity index (χ0v) is 8.78. The summed E-state index contributed by atoms with van der Waals surface area (Å²) in [6, 6.07) is 0. The van der Waals surface area contributed by atoms with Crippen LogP contribution in [0.15, 0.2) is 17.4 Å². The lowest BCUT2D eigenvalue weighted by Crippen LogP contribution is -2.15. The van der Waals surface area contributed by atoms with Crippen LogP contribution in [0.1, 0.15) is 47.0 Å². The zero-order valence-electron chi connectivity index (χ0n) is 8.78. The average molecular weight is 164 g/mol. The van der Waals surface area contributed by atoms with Crippen LogP contribution in [0.5, 0.6) is 0 Å². The van der Waals surface area contributed by atoms with Crippen molar-refractivity contribution in [3.05, 3.63) is 17.4 Å². The Bertz CT molecular complexity index is 214. The van der Waals surface area contributed by atoms with Gasteiger partial charge in [0.05, 0.1) is 0 Å². The lowest BCUT2D eigenvalue weighted by atomic mass is 9.79. The first-order valence-electron chi connectivity index (χ1n) is 4.99. The fourth-order valence-electron chi connectivity index (χ4n) is 1.83. The molecule has 0 aromatic carbocycles. The Morgan fingerprint density at radius 2 is 2.08 bits per heavy atom. The summed E-state index contributed by atoms with van der Waals surface area (Å²) in [5, 5.41) is 0. The van der Waals surface area contributed by atoms with E-state index < -0.39 is 0 Å². The molecule has 0 aliphatic heterocycles. The topological polar surface area (TPSA) is 0 Å². The molecule has 0 fully saturated rings. The van der Waals surface area contributed by atoms with E-state index in [0.29, 0.717) is 5.41 Å². The SMILES string of the molecule is CCC(C)CC(C)(C)CC1=C=C1. The molecule has 0 heterocycles. The van der Waals surface area contributed by atoms with Gasteiger partial charge in [0.1, 0.15) is 0 Å². The van der Waals surface area contributed by atoms with Gasteiger partial charge in [-0.2, -0.15) is 0 Å². The summed E-state index contributed by atoms with van der Waals surface area (Å²) in [5.41, 5.74) is 5.08. The first-order chi connectivity index (χ1) is 5.53. The van der Waals surface area contributed by atoms with Crippen LogP contribution in [0.4, 0.5) is 0 Å². The third kappa shape index (κ3) is 3.28. The van der Waals surface area contributed by atoms with Crippen molar-refractivity contribution in [1.29, 1.82) is 0 Å². The minimum atomic E-state index is 0.477. The molecule has 12 heavy (non-hydrogen) atoms. The van der Waals surface area contributed by atoms with Gasteiger partial charge in [-0.3, -0.25) is 0 Å². The van der Waals surface area contributed by atoms with E-state index >= 15 is 0 Å². The molecule has 1 atom stereocenters. The van der Waals surface area contributed by atoms with Crippen LogP contribution < -0.4 is 0 Å². The second-order valence-electron chi connectivity index (χ2n) is 4.87. The minimum absolute atomic E-state index is 0.477. The molecule has 0 saturated carbocycles. The quantitative estimate of drug-likeness (QED) is 0.540. The molecule has 0 saturated heterocycles. The average Bonchev–Trinajstić information content (AvgIpc) is 2.69. The fourth-order valence-corrected chi connectivity index (χ4v) is 1.83. The van der Waals surface area contributed by atoms with Crippen LogP contribution in [0.2, 0.25) is 0 Å². The molecule has 1 unspecified atom stereocenters. The van der Waals surface area contributed by atoms with E-state index in [-0.39, 0.29) is 0 Å². The third-order valence-electron chi connectivity index (χ3n) is 2.62. The van der Waals surface area contributed by atoms with Gasteiger partial charge in [-0.25, -0.2) is 0 Å². The Labute approximate surface area is 76.4 Å². The number of rotatable bonds is 5. The predicted octanol–water partition coefficient (Wildman–Crippen LogP) is 3.93. The van der Waals surface area contributed by atoms with Gasteiger partial charge in [0.25, 0.3) is 0 Å². The molecular formula is C12H20. The molecule has 0 aromatic rings. The molecule has 0 amide bonds. The molecule has 0 radical (unpaired) electrons.